The molecule has 5 nitrogen and oxygen atoms in total. The minimum atomic E-state index is -2.91. The van der Waals surface area contributed by atoms with E-state index in [-0.39, 0.29) is 29.5 Å². The average molecular weight is 331 g/mol. The van der Waals surface area contributed by atoms with Crippen LogP contribution < -0.4 is 10.6 Å². The molecule has 1 unspecified atom stereocenters. The van der Waals surface area contributed by atoms with Gasteiger partial charge in [-0.2, -0.15) is 0 Å². The molecule has 2 rings (SSSR count). The maximum Gasteiger partial charge on any atom is 0.191 e. The molecule has 0 amide bonds. The Morgan fingerprint density at radius 2 is 2.14 bits per heavy atom. The van der Waals surface area contributed by atoms with Gasteiger partial charge in [0.25, 0.3) is 0 Å². The van der Waals surface area contributed by atoms with Crippen LogP contribution in [0, 0.1) is 17.6 Å². The number of rotatable bonds is 4. The zero-order valence-corrected chi connectivity index (χ0v) is 13.1. The van der Waals surface area contributed by atoms with Gasteiger partial charge in [0.15, 0.2) is 15.8 Å². The molecule has 1 heterocycles. The van der Waals surface area contributed by atoms with Gasteiger partial charge in [-0.1, -0.05) is 0 Å². The molecule has 0 aromatic heterocycles. The van der Waals surface area contributed by atoms with Gasteiger partial charge in [0.1, 0.15) is 11.6 Å². The van der Waals surface area contributed by atoms with Crippen molar-refractivity contribution in [2.75, 3.05) is 25.1 Å². The first kappa shape index (κ1) is 16.7. The predicted octanol–water partition coefficient (Wildman–Crippen LogP) is 1.06. The molecule has 2 N–H and O–H groups in total. The predicted molar refractivity (Wildman–Crippen MR) is 81.3 cm³/mol. The molecule has 1 saturated heterocycles. The molecule has 0 saturated carbocycles. The lowest BCUT2D eigenvalue weighted by molar-refractivity contribution is 0.563. The molecular formula is C14H19F2N3O2S. The lowest BCUT2D eigenvalue weighted by Gasteiger charge is -2.14. The van der Waals surface area contributed by atoms with Gasteiger partial charge in [0, 0.05) is 25.7 Å². The Morgan fingerprint density at radius 3 is 2.77 bits per heavy atom. The first-order valence-electron chi connectivity index (χ1n) is 6.98. The summed E-state index contributed by atoms with van der Waals surface area (Å²) in [5.41, 5.74) is 0.200. The molecule has 8 heteroatoms. The number of nitrogens with zero attached hydrogens (tertiary/aromatic N) is 1. The number of hydrogen-bond acceptors (Lipinski definition) is 3. The summed E-state index contributed by atoms with van der Waals surface area (Å²) in [6.45, 7) is 0.566. The fourth-order valence-electron chi connectivity index (χ4n) is 2.35. The highest BCUT2D eigenvalue weighted by molar-refractivity contribution is 7.91. The van der Waals surface area contributed by atoms with E-state index in [4.69, 9.17) is 0 Å². The molecule has 0 aliphatic carbocycles. The summed E-state index contributed by atoms with van der Waals surface area (Å²) in [6, 6.07) is 3.26. The third-order valence-corrected chi connectivity index (χ3v) is 5.40. The van der Waals surface area contributed by atoms with Gasteiger partial charge in [0.05, 0.1) is 11.5 Å². The van der Waals surface area contributed by atoms with Crippen LogP contribution in [0.2, 0.25) is 0 Å². The zero-order chi connectivity index (χ0) is 16.2. The topological polar surface area (TPSA) is 70.6 Å². The quantitative estimate of drug-likeness (QED) is 0.639. The van der Waals surface area contributed by atoms with Crippen molar-refractivity contribution in [2.24, 2.45) is 10.9 Å². The maximum atomic E-state index is 13.5. The van der Waals surface area contributed by atoms with E-state index in [9.17, 15) is 17.2 Å². The molecule has 1 fully saturated rings. The molecule has 1 aliphatic heterocycles. The minimum Gasteiger partial charge on any atom is -0.356 e. The van der Waals surface area contributed by atoms with Gasteiger partial charge >= 0.3 is 0 Å². The Kier molecular flexibility index (Phi) is 5.33. The third kappa shape index (κ3) is 4.66. The number of benzene rings is 1. The van der Waals surface area contributed by atoms with Gasteiger partial charge in [-0.15, -0.1) is 0 Å². The van der Waals surface area contributed by atoms with Crippen LogP contribution >= 0.6 is 0 Å². The number of aliphatic imine (C=N–C) groups is 1. The first-order valence-corrected chi connectivity index (χ1v) is 8.80. The van der Waals surface area contributed by atoms with Crippen molar-refractivity contribution in [3.05, 3.63) is 35.4 Å². The summed E-state index contributed by atoms with van der Waals surface area (Å²) >= 11 is 0. The van der Waals surface area contributed by atoms with Gasteiger partial charge in [-0.05, 0) is 30.5 Å². The number of halogens is 2. The van der Waals surface area contributed by atoms with Crippen LogP contribution in [-0.2, 0) is 16.4 Å². The largest absolute Gasteiger partial charge is 0.356 e. The second-order valence-corrected chi connectivity index (χ2v) is 7.54. The van der Waals surface area contributed by atoms with E-state index in [0.29, 0.717) is 18.9 Å². The number of sulfone groups is 1. The lowest BCUT2D eigenvalue weighted by Crippen LogP contribution is -2.39. The number of hydrogen-bond donors (Lipinski definition) is 2. The summed E-state index contributed by atoms with van der Waals surface area (Å²) in [5.74, 6) is -0.124. The van der Waals surface area contributed by atoms with Crippen molar-refractivity contribution in [2.45, 2.75) is 13.0 Å². The zero-order valence-electron chi connectivity index (χ0n) is 12.3. The summed E-state index contributed by atoms with van der Waals surface area (Å²) < 4.78 is 49.4. The van der Waals surface area contributed by atoms with E-state index in [0.717, 1.165) is 18.2 Å². The Labute approximate surface area is 128 Å². The van der Waals surface area contributed by atoms with E-state index < -0.39 is 21.5 Å². The molecule has 1 aliphatic rings. The summed E-state index contributed by atoms with van der Waals surface area (Å²) in [7, 11) is -1.35. The van der Waals surface area contributed by atoms with E-state index in [1.807, 2.05) is 0 Å². The van der Waals surface area contributed by atoms with Crippen LogP contribution in [0.5, 0.6) is 0 Å². The molecule has 1 aromatic carbocycles. The van der Waals surface area contributed by atoms with E-state index >= 15 is 0 Å². The highest BCUT2D eigenvalue weighted by atomic mass is 32.2. The van der Waals surface area contributed by atoms with Crippen LogP contribution in [0.4, 0.5) is 8.78 Å². The summed E-state index contributed by atoms with van der Waals surface area (Å²) in [5, 5.41) is 5.89. The van der Waals surface area contributed by atoms with Crippen LogP contribution in [0.3, 0.4) is 0 Å². The van der Waals surface area contributed by atoms with Crippen molar-refractivity contribution in [3.63, 3.8) is 0 Å². The standard InChI is InChI=1S/C14H19F2N3O2S/c1-17-14(18-7-10-4-5-22(20,21)9-10)19-8-11-6-12(15)2-3-13(11)16/h2-3,6,10H,4-5,7-9H2,1H3,(H2,17,18,19). The molecule has 1 aromatic rings. The van der Waals surface area contributed by atoms with Gasteiger partial charge in [-0.3, -0.25) is 4.99 Å². The summed E-state index contributed by atoms with van der Waals surface area (Å²) in [4.78, 5) is 3.98. The Morgan fingerprint density at radius 1 is 1.36 bits per heavy atom. The Balaban J connectivity index is 1.84. The van der Waals surface area contributed by atoms with Crippen molar-refractivity contribution in [3.8, 4) is 0 Å². The monoisotopic (exact) mass is 331 g/mol. The number of nitrogens with one attached hydrogen (secondary N) is 2. The van der Waals surface area contributed by atoms with Crippen LogP contribution in [0.25, 0.3) is 0 Å². The Bertz CT molecular complexity index is 662. The van der Waals surface area contributed by atoms with E-state index in [1.165, 1.54) is 0 Å². The molecule has 0 bridgehead atoms. The SMILES string of the molecule is CN=C(NCc1cc(F)ccc1F)NCC1CCS(=O)(=O)C1. The molecule has 0 spiro atoms. The molecule has 1 atom stereocenters. The fourth-order valence-corrected chi connectivity index (χ4v) is 4.21. The summed E-state index contributed by atoms with van der Waals surface area (Å²) in [6.07, 6.45) is 0.630. The van der Waals surface area contributed by atoms with Gasteiger partial charge in [0.2, 0.25) is 0 Å². The van der Waals surface area contributed by atoms with Gasteiger partial charge < -0.3 is 10.6 Å². The molecular weight excluding hydrogens is 312 g/mol. The lowest BCUT2D eigenvalue weighted by atomic mass is 10.1. The van der Waals surface area contributed by atoms with Crippen molar-refractivity contribution < 1.29 is 17.2 Å². The van der Waals surface area contributed by atoms with Crippen LogP contribution in [0.1, 0.15) is 12.0 Å². The molecule has 0 radical (unpaired) electrons. The van der Waals surface area contributed by atoms with Crippen molar-refractivity contribution >= 4 is 15.8 Å². The number of guanidine groups is 1. The van der Waals surface area contributed by atoms with E-state index in [2.05, 4.69) is 15.6 Å². The maximum absolute atomic E-state index is 13.5. The minimum absolute atomic E-state index is 0.0504. The van der Waals surface area contributed by atoms with Crippen LogP contribution in [0.15, 0.2) is 23.2 Å². The highest BCUT2D eigenvalue weighted by Gasteiger charge is 2.27. The average Bonchev–Trinajstić information content (AvgIpc) is 2.82. The smallest absolute Gasteiger partial charge is 0.191 e. The van der Waals surface area contributed by atoms with Crippen molar-refractivity contribution in [1.82, 2.24) is 10.6 Å². The van der Waals surface area contributed by atoms with Crippen molar-refractivity contribution in [1.29, 1.82) is 0 Å². The third-order valence-electron chi connectivity index (χ3n) is 3.56. The second kappa shape index (κ2) is 7.04. The molecule has 122 valence electrons. The fraction of sp³-hybridized carbons (Fsp3) is 0.500. The van der Waals surface area contributed by atoms with E-state index in [1.54, 1.807) is 7.05 Å². The Hall–Kier alpha value is -1.70. The highest BCUT2D eigenvalue weighted by Crippen LogP contribution is 2.17. The first-order chi connectivity index (χ1) is 10.4. The van der Waals surface area contributed by atoms with Gasteiger partial charge in [-0.25, -0.2) is 17.2 Å². The van der Waals surface area contributed by atoms with Crippen LogP contribution in [-0.4, -0.2) is 39.5 Å². The molecule has 22 heavy (non-hydrogen) atoms. The second-order valence-electron chi connectivity index (χ2n) is 5.31. The normalized spacial score (nSPS) is 20.9.